The topological polar surface area (TPSA) is 95.7 Å². The number of hydrogen-bond acceptors (Lipinski definition) is 7. The summed E-state index contributed by atoms with van der Waals surface area (Å²) in [5.41, 5.74) is 10.1. The zero-order valence-corrected chi connectivity index (χ0v) is 29.2. The Bertz CT molecular complexity index is 3060. The van der Waals surface area contributed by atoms with Gasteiger partial charge in [-0.25, -0.2) is 24.9 Å². The maximum Gasteiger partial charge on any atom is 0.227 e. The molecule has 8 nitrogen and oxygen atoms in total. The van der Waals surface area contributed by atoms with E-state index >= 15 is 0 Å². The van der Waals surface area contributed by atoms with Crippen LogP contribution in [-0.4, -0.2) is 29.5 Å². The minimum atomic E-state index is 0.470. The van der Waals surface area contributed by atoms with Crippen molar-refractivity contribution in [2.75, 3.05) is 0 Å². The molecule has 4 heterocycles. The second-order valence-corrected chi connectivity index (χ2v) is 13.4. The predicted molar refractivity (Wildman–Crippen MR) is 216 cm³/mol. The molecule has 0 atom stereocenters. The summed E-state index contributed by atoms with van der Waals surface area (Å²) in [7, 11) is 0. The Kier molecular flexibility index (Phi) is 6.99. The molecular weight excluding hydrogens is 681 g/mol. The van der Waals surface area contributed by atoms with E-state index in [-0.39, 0.29) is 0 Å². The number of nitrogens with zero attached hydrogens (tertiary/aromatic N) is 6. The first-order valence-electron chi connectivity index (χ1n) is 18.0. The van der Waals surface area contributed by atoms with Crippen LogP contribution in [0.2, 0.25) is 0 Å². The smallest absolute Gasteiger partial charge is 0.227 e. The highest BCUT2D eigenvalue weighted by molar-refractivity contribution is 6.10. The Morgan fingerprint density at radius 2 is 0.855 bits per heavy atom. The summed E-state index contributed by atoms with van der Waals surface area (Å²) in [5.74, 6) is 2.53. The normalized spacial score (nSPS) is 11.6. The SMILES string of the molecule is c1ccc(-c2nc(-c3cc(-c4nc5ccccc5o4)cc(-c4nc5ccccc5o4)c3)nc(-c3ccc4c5ccccc5n(-c5ccccc5)c4c3)n2)cc1. The molecule has 11 rings (SSSR count). The predicted octanol–water partition coefficient (Wildman–Crippen LogP) is 11.6. The molecule has 0 aliphatic carbocycles. The highest BCUT2D eigenvalue weighted by Gasteiger charge is 2.20. The largest absolute Gasteiger partial charge is 0.436 e. The van der Waals surface area contributed by atoms with Crippen LogP contribution in [0.4, 0.5) is 0 Å². The van der Waals surface area contributed by atoms with Gasteiger partial charge in [0, 0.05) is 44.3 Å². The van der Waals surface area contributed by atoms with Crippen molar-refractivity contribution in [3.05, 3.63) is 170 Å². The lowest BCUT2D eigenvalue weighted by Gasteiger charge is -2.11. The minimum Gasteiger partial charge on any atom is -0.436 e. The molecule has 0 spiro atoms. The molecule has 0 saturated heterocycles. The number of para-hydroxylation sites is 6. The van der Waals surface area contributed by atoms with E-state index in [0.29, 0.717) is 40.4 Å². The lowest BCUT2D eigenvalue weighted by molar-refractivity contribution is 0.617. The molecule has 0 amide bonds. The molecule has 0 aliphatic rings. The Balaban J connectivity index is 1.14. The second kappa shape index (κ2) is 12.5. The number of oxazole rings is 2. The highest BCUT2D eigenvalue weighted by atomic mass is 16.4. The molecule has 0 aliphatic heterocycles. The third kappa shape index (κ3) is 5.35. The van der Waals surface area contributed by atoms with Crippen LogP contribution in [0.25, 0.3) is 107 Å². The maximum atomic E-state index is 6.28. The first-order valence-corrected chi connectivity index (χ1v) is 18.0. The minimum absolute atomic E-state index is 0.470. The van der Waals surface area contributed by atoms with Gasteiger partial charge in [-0.15, -0.1) is 0 Å². The van der Waals surface area contributed by atoms with Gasteiger partial charge in [0.05, 0.1) is 11.0 Å². The third-order valence-electron chi connectivity index (χ3n) is 9.89. The zero-order valence-electron chi connectivity index (χ0n) is 29.2. The van der Waals surface area contributed by atoms with Gasteiger partial charge in [0.1, 0.15) is 11.0 Å². The number of benzene rings is 7. The molecule has 55 heavy (non-hydrogen) atoms. The van der Waals surface area contributed by atoms with Crippen LogP contribution in [0.15, 0.2) is 179 Å². The average Bonchev–Trinajstić information content (AvgIpc) is 3.98. The fourth-order valence-corrected chi connectivity index (χ4v) is 7.31. The van der Waals surface area contributed by atoms with Crippen LogP contribution in [0.5, 0.6) is 0 Å². The summed E-state index contributed by atoms with van der Waals surface area (Å²) < 4.78 is 14.8. The molecule has 0 unspecified atom stereocenters. The van der Waals surface area contributed by atoms with Crippen LogP contribution in [0.3, 0.4) is 0 Å². The van der Waals surface area contributed by atoms with Crippen molar-refractivity contribution in [1.29, 1.82) is 0 Å². The molecular formula is C47H28N6O2. The highest BCUT2D eigenvalue weighted by Crippen LogP contribution is 2.37. The molecule has 4 aromatic heterocycles. The van der Waals surface area contributed by atoms with Gasteiger partial charge >= 0.3 is 0 Å². The van der Waals surface area contributed by atoms with Gasteiger partial charge in [-0.05, 0) is 66.7 Å². The Labute approximate surface area is 314 Å². The van der Waals surface area contributed by atoms with Gasteiger partial charge in [0.25, 0.3) is 0 Å². The summed E-state index contributed by atoms with van der Waals surface area (Å²) in [5, 5.41) is 2.33. The van der Waals surface area contributed by atoms with Crippen LogP contribution in [0, 0.1) is 0 Å². The van der Waals surface area contributed by atoms with E-state index in [1.54, 1.807) is 0 Å². The number of hydrogen-bond donors (Lipinski definition) is 0. The average molecular weight is 709 g/mol. The lowest BCUT2D eigenvalue weighted by atomic mass is 10.0. The van der Waals surface area contributed by atoms with Crippen LogP contribution < -0.4 is 0 Å². The molecule has 258 valence electrons. The zero-order chi connectivity index (χ0) is 36.3. The van der Waals surface area contributed by atoms with Crippen LogP contribution in [-0.2, 0) is 0 Å². The van der Waals surface area contributed by atoms with E-state index < -0.39 is 0 Å². The van der Waals surface area contributed by atoms with Crippen molar-refractivity contribution in [3.8, 4) is 62.8 Å². The molecule has 11 aromatic rings. The van der Waals surface area contributed by atoms with Gasteiger partial charge in [-0.2, -0.15) is 0 Å². The van der Waals surface area contributed by atoms with Crippen molar-refractivity contribution >= 4 is 44.0 Å². The van der Waals surface area contributed by atoms with Crippen LogP contribution >= 0.6 is 0 Å². The summed E-state index contributed by atoms with van der Waals surface area (Å²) in [6, 6.07) is 56.8. The quantitative estimate of drug-likeness (QED) is 0.170. The van der Waals surface area contributed by atoms with Crippen molar-refractivity contribution in [2.45, 2.75) is 0 Å². The van der Waals surface area contributed by atoms with Gasteiger partial charge < -0.3 is 13.4 Å². The number of fused-ring (bicyclic) bond motifs is 5. The molecule has 0 N–H and O–H groups in total. The molecule has 0 bridgehead atoms. The van der Waals surface area contributed by atoms with Crippen molar-refractivity contribution < 1.29 is 8.83 Å². The Morgan fingerprint density at radius 1 is 0.345 bits per heavy atom. The number of aromatic nitrogens is 6. The van der Waals surface area contributed by atoms with E-state index in [0.717, 1.165) is 61.0 Å². The molecule has 8 heteroatoms. The standard InChI is InChI=1S/C47H28N6O2/c1-3-13-29(14-4-1)43-50-44(30-23-24-36-35-17-7-10-20-39(35)53(40(36)28-30)34-15-5-2-6-16-34)52-45(51-43)31-25-32(46-48-37-18-8-11-21-41(37)54-46)27-33(26-31)47-49-38-19-9-12-22-42(38)55-47/h1-28H. The van der Waals surface area contributed by atoms with Gasteiger partial charge in [-0.1, -0.05) is 103 Å². The fraction of sp³-hybridized carbons (Fsp3) is 0. The maximum absolute atomic E-state index is 6.28. The van der Waals surface area contributed by atoms with E-state index in [1.165, 1.54) is 5.39 Å². The van der Waals surface area contributed by atoms with Crippen molar-refractivity contribution in [3.63, 3.8) is 0 Å². The summed E-state index contributed by atoms with van der Waals surface area (Å²) in [6.07, 6.45) is 0. The second-order valence-electron chi connectivity index (χ2n) is 13.4. The first kappa shape index (κ1) is 30.9. The molecule has 0 fully saturated rings. The first-order chi connectivity index (χ1) is 27.2. The monoisotopic (exact) mass is 708 g/mol. The van der Waals surface area contributed by atoms with Gasteiger partial charge in [-0.3, -0.25) is 0 Å². The summed E-state index contributed by atoms with van der Waals surface area (Å²) >= 11 is 0. The third-order valence-corrected chi connectivity index (χ3v) is 9.89. The Morgan fingerprint density at radius 3 is 1.51 bits per heavy atom. The van der Waals surface area contributed by atoms with Crippen LogP contribution in [0.1, 0.15) is 0 Å². The molecule has 7 aromatic carbocycles. The Hall–Kier alpha value is -7.71. The van der Waals surface area contributed by atoms with Crippen molar-refractivity contribution in [1.82, 2.24) is 29.5 Å². The summed E-state index contributed by atoms with van der Waals surface area (Å²) in [4.78, 5) is 25.0. The molecule has 0 radical (unpaired) electrons. The van der Waals surface area contributed by atoms with E-state index in [4.69, 9.17) is 33.8 Å². The van der Waals surface area contributed by atoms with Gasteiger partial charge in [0.2, 0.25) is 11.8 Å². The van der Waals surface area contributed by atoms with Crippen molar-refractivity contribution in [2.24, 2.45) is 0 Å². The van der Waals surface area contributed by atoms with E-state index in [2.05, 4.69) is 71.3 Å². The lowest BCUT2D eigenvalue weighted by Crippen LogP contribution is -2.01. The molecule has 0 saturated carbocycles. The van der Waals surface area contributed by atoms with E-state index in [9.17, 15) is 0 Å². The number of rotatable bonds is 6. The van der Waals surface area contributed by atoms with E-state index in [1.807, 2.05) is 103 Å². The van der Waals surface area contributed by atoms with Gasteiger partial charge in [0.15, 0.2) is 28.6 Å². The summed E-state index contributed by atoms with van der Waals surface area (Å²) in [6.45, 7) is 0. The fourth-order valence-electron chi connectivity index (χ4n) is 7.31.